The molecule has 3 aliphatic heterocycles. The van der Waals surface area contributed by atoms with E-state index in [-0.39, 0.29) is 12.3 Å². The average molecular weight is 356 g/mol. The lowest BCUT2D eigenvalue weighted by atomic mass is 10.1. The molecule has 1 amide bonds. The van der Waals surface area contributed by atoms with Crippen LogP contribution in [0.4, 0.5) is 5.69 Å². The zero-order valence-electron chi connectivity index (χ0n) is 14.9. The minimum absolute atomic E-state index is 0.115. The predicted octanol–water partition coefficient (Wildman–Crippen LogP) is 1.40. The van der Waals surface area contributed by atoms with E-state index in [9.17, 15) is 14.7 Å². The molecule has 7 nitrogen and oxygen atoms in total. The minimum Gasteiger partial charge on any atom is -0.480 e. The Morgan fingerprint density at radius 3 is 2.58 bits per heavy atom. The second-order valence-corrected chi connectivity index (χ2v) is 7.38. The third-order valence-corrected chi connectivity index (χ3v) is 5.90. The molecule has 0 saturated carbocycles. The molecule has 7 heteroatoms. The van der Waals surface area contributed by atoms with E-state index in [1.807, 2.05) is 35.2 Å². The number of nitrogens with zero attached hydrogens (tertiary/aromatic N) is 4. The molecule has 3 aliphatic rings. The van der Waals surface area contributed by atoms with Crippen molar-refractivity contribution in [2.45, 2.75) is 43.8 Å². The Kier molecular flexibility index (Phi) is 4.40. The number of amides is 1. The number of likely N-dealkylation sites (tertiary alicyclic amines) is 1. The number of carbonyl (C=O) groups excluding carboxylic acids is 1. The molecule has 0 aliphatic carbocycles. The second-order valence-electron chi connectivity index (χ2n) is 7.38. The first-order chi connectivity index (χ1) is 12.5. The third kappa shape index (κ3) is 2.96. The average Bonchev–Trinajstić information content (AvgIpc) is 3.17. The molecule has 1 aromatic carbocycles. The molecule has 26 heavy (non-hydrogen) atoms. The van der Waals surface area contributed by atoms with Crippen molar-refractivity contribution in [2.75, 3.05) is 25.1 Å². The molecule has 1 N–H and O–H groups in total. The summed E-state index contributed by atoms with van der Waals surface area (Å²) in [6.45, 7) is 1.42. The largest absolute Gasteiger partial charge is 0.480 e. The zero-order chi connectivity index (χ0) is 18.3. The summed E-state index contributed by atoms with van der Waals surface area (Å²) in [4.78, 5) is 29.0. The van der Waals surface area contributed by atoms with Gasteiger partial charge in [-0.25, -0.2) is 4.79 Å². The van der Waals surface area contributed by atoms with Crippen LogP contribution in [0, 0.1) is 0 Å². The van der Waals surface area contributed by atoms with Crippen LogP contribution in [0.15, 0.2) is 35.4 Å². The lowest BCUT2D eigenvalue weighted by molar-refractivity contribution is -0.138. The van der Waals surface area contributed by atoms with Crippen molar-refractivity contribution in [3.05, 3.63) is 30.3 Å². The van der Waals surface area contributed by atoms with Crippen LogP contribution in [0.3, 0.4) is 0 Å². The summed E-state index contributed by atoms with van der Waals surface area (Å²) in [5, 5.41) is 15.5. The Hall–Kier alpha value is -2.41. The number of aliphatic carboxylic acids is 1. The van der Waals surface area contributed by atoms with Gasteiger partial charge in [0.2, 0.25) is 0 Å². The van der Waals surface area contributed by atoms with E-state index in [1.165, 1.54) is 11.4 Å². The summed E-state index contributed by atoms with van der Waals surface area (Å²) >= 11 is 0. The van der Waals surface area contributed by atoms with Gasteiger partial charge in [0.15, 0.2) is 6.04 Å². The topological polar surface area (TPSA) is 76.5 Å². The highest BCUT2D eigenvalue weighted by Crippen LogP contribution is 2.30. The van der Waals surface area contributed by atoms with Crippen LogP contribution in [0.5, 0.6) is 0 Å². The molecule has 0 aromatic heterocycles. The van der Waals surface area contributed by atoms with Crippen molar-refractivity contribution >= 4 is 23.3 Å². The maximum absolute atomic E-state index is 13.0. The third-order valence-electron chi connectivity index (χ3n) is 5.90. The van der Waals surface area contributed by atoms with Crippen LogP contribution in [-0.2, 0) is 9.59 Å². The Morgan fingerprint density at radius 1 is 1.12 bits per heavy atom. The lowest BCUT2D eigenvalue weighted by Crippen LogP contribution is -2.42. The van der Waals surface area contributed by atoms with E-state index in [1.54, 1.807) is 0 Å². The standard InChI is InChI=1S/C19H24N4O3/c1-21-13-7-8-15(21)12-22(10-9-13)18(24)16-11-17(19(25)26)23(20-16)14-5-3-2-4-6-14/h2-6,13,15,17H,7-12H2,1H3,(H,25,26). The van der Waals surface area contributed by atoms with Crippen LogP contribution in [-0.4, -0.2) is 70.8 Å². The Bertz CT molecular complexity index is 736. The fraction of sp³-hybridized carbons (Fsp3) is 0.526. The number of anilines is 1. The highest BCUT2D eigenvalue weighted by molar-refractivity contribution is 6.40. The van der Waals surface area contributed by atoms with E-state index in [0.717, 1.165) is 12.8 Å². The molecule has 138 valence electrons. The fourth-order valence-electron chi connectivity index (χ4n) is 4.33. The number of likely N-dealkylation sites (N-methyl/N-ethyl adjacent to an activating group) is 1. The number of carbonyl (C=O) groups is 2. The number of fused-ring (bicyclic) bond motifs is 2. The summed E-state index contributed by atoms with van der Waals surface area (Å²) in [6, 6.07) is 9.29. The van der Waals surface area contributed by atoms with Crippen molar-refractivity contribution in [1.29, 1.82) is 0 Å². The number of para-hydroxylation sites is 1. The second kappa shape index (κ2) is 6.72. The molecule has 2 bridgehead atoms. The zero-order valence-corrected chi connectivity index (χ0v) is 14.9. The van der Waals surface area contributed by atoms with Crippen LogP contribution in [0.2, 0.25) is 0 Å². The fourth-order valence-corrected chi connectivity index (χ4v) is 4.33. The molecule has 3 heterocycles. The van der Waals surface area contributed by atoms with Gasteiger partial charge in [-0.1, -0.05) is 18.2 Å². The molecular formula is C19H24N4O3. The van der Waals surface area contributed by atoms with Gasteiger partial charge in [0.1, 0.15) is 5.71 Å². The molecule has 4 rings (SSSR count). The first-order valence-corrected chi connectivity index (χ1v) is 9.20. The smallest absolute Gasteiger partial charge is 0.328 e. The SMILES string of the molecule is CN1C2CCC1CN(C(=O)C1=NN(c3ccccc3)C(C(=O)O)C1)CC2. The van der Waals surface area contributed by atoms with E-state index in [0.29, 0.717) is 36.6 Å². The number of rotatable bonds is 3. The predicted molar refractivity (Wildman–Crippen MR) is 98.2 cm³/mol. The molecule has 2 fully saturated rings. The summed E-state index contributed by atoms with van der Waals surface area (Å²) < 4.78 is 0. The Labute approximate surface area is 152 Å². The van der Waals surface area contributed by atoms with Gasteiger partial charge in [-0.3, -0.25) is 14.7 Å². The number of hydrogen-bond acceptors (Lipinski definition) is 5. The van der Waals surface area contributed by atoms with Gasteiger partial charge in [0, 0.05) is 31.6 Å². The molecule has 3 unspecified atom stereocenters. The van der Waals surface area contributed by atoms with Crippen molar-refractivity contribution in [3.8, 4) is 0 Å². The molecule has 3 atom stereocenters. The van der Waals surface area contributed by atoms with Crippen molar-refractivity contribution < 1.29 is 14.7 Å². The Morgan fingerprint density at radius 2 is 1.85 bits per heavy atom. The van der Waals surface area contributed by atoms with Crippen molar-refractivity contribution in [2.24, 2.45) is 5.10 Å². The van der Waals surface area contributed by atoms with Crippen molar-refractivity contribution in [1.82, 2.24) is 9.80 Å². The van der Waals surface area contributed by atoms with Crippen molar-refractivity contribution in [3.63, 3.8) is 0 Å². The van der Waals surface area contributed by atoms with Gasteiger partial charge in [0.05, 0.1) is 5.69 Å². The maximum Gasteiger partial charge on any atom is 0.328 e. The lowest BCUT2D eigenvalue weighted by Gasteiger charge is -2.25. The Balaban J connectivity index is 1.55. The number of hydrazone groups is 1. The summed E-state index contributed by atoms with van der Waals surface area (Å²) in [5.41, 5.74) is 1.04. The van der Waals surface area contributed by atoms with Gasteiger partial charge < -0.3 is 10.0 Å². The van der Waals surface area contributed by atoms with Crippen LogP contribution >= 0.6 is 0 Å². The quantitative estimate of drug-likeness (QED) is 0.886. The van der Waals surface area contributed by atoms with Gasteiger partial charge in [-0.15, -0.1) is 0 Å². The normalized spacial score (nSPS) is 28.8. The summed E-state index contributed by atoms with van der Waals surface area (Å²) in [5.74, 6) is -1.08. The van der Waals surface area contributed by atoms with E-state index >= 15 is 0 Å². The van der Waals surface area contributed by atoms with Crippen LogP contribution < -0.4 is 5.01 Å². The van der Waals surface area contributed by atoms with Gasteiger partial charge >= 0.3 is 5.97 Å². The first-order valence-electron chi connectivity index (χ1n) is 9.20. The minimum atomic E-state index is -0.963. The highest BCUT2D eigenvalue weighted by atomic mass is 16.4. The monoisotopic (exact) mass is 356 g/mol. The molecule has 1 aromatic rings. The van der Waals surface area contributed by atoms with E-state index in [4.69, 9.17) is 0 Å². The molecule has 0 radical (unpaired) electrons. The maximum atomic E-state index is 13.0. The number of hydrogen-bond donors (Lipinski definition) is 1. The molecular weight excluding hydrogens is 332 g/mol. The first kappa shape index (κ1) is 17.0. The summed E-state index contributed by atoms with van der Waals surface area (Å²) in [7, 11) is 2.14. The van der Waals surface area contributed by atoms with Gasteiger partial charge in [0.25, 0.3) is 5.91 Å². The van der Waals surface area contributed by atoms with Gasteiger partial charge in [-0.05, 0) is 38.4 Å². The number of carboxylic acids is 1. The summed E-state index contributed by atoms with van der Waals surface area (Å²) in [6.07, 6.45) is 3.43. The van der Waals surface area contributed by atoms with Crippen LogP contribution in [0.25, 0.3) is 0 Å². The van der Waals surface area contributed by atoms with E-state index in [2.05, 4.69) is 17.0 Å². The highest BCUT2D eigenvalue weighted by Gasteiger charge is 2.40. The molecule has 2 saturated heterocycles. The molecule has 0 spiro atoms. The van der Waals surface area contributed by atoms with Gasteiger partial charge in [-0.2, -0.15) is 5.10 Å². The number of benzene rings is 1. The number of carboxylic acid groups (broad SMARTS) is 1. The van der Waals surface area contributed by atoms with Crippen LogP contribution in [0.1, 0.15) is 25.7 Å². The van der Waals surface area contributed by atoms with E-state index < -0.39 is 12.0 Å².